The Hall–Kier alpha value is -2.88. The number of aliphatic hydroxyl groups is 1. The maximum absolute atomic E-state index is 12.5. The number of Topliss-reactive ketones (excluding diaryl/α,β-unsaturated/α-hetero) is 1. The van der Waals surface area contributed by atoms with Crippen LogP contribution in [0.3, 0.4) is 0 Å². The number of rotatable bonds is 4. The van der Waals surface area contributed by atoms with Gasteiger partial charge in [-0.3, -0.25) is 9.79 Å². The number of hydrogen-bond donors (Lipinski definition) is 1. The Kier molecular flexibility index (Phi) is 5.21. The van der Waals surface area contributed by atoms with E-state index in [1.807, 2.05) is 56.3 Å². The highest BCUT2D eigenvalue weighted by Crippen LogP contribution is 2.34. The summed E-state index contributed by atoms with van der Waals surface area (Å²) in [5, 5.41) is 10.4. The van der Waals surface area contributed by atoms with Crippen LogP contribution in [0.2, 0.25) is 0 Å². The van der Waals surface area contributed by atoms with Crippen molar-refractivity contribution in [3.05, 3.63) is 70.5 Å². The highest BCUT2D eigenvalue weighted by Gasteiger charge is 2.27. The molecule has 4 heteroatoms. The number of hydrogen-bond acceptors (Lipinski definition) is 4. The molecule has 0 spiro atoms. The maximum atomic E-state index is 12.5. The minimum absolute atomic E-state index is 0.0211. The topological polar surface area (TPSA) is 58.9 Å². The molecule has 0 aromatic heterocycles. The summed E-state index contributed by atoms with van der Waals surface area (Å²) in [5.74, 6) is 0.779. The molecule has 1 aliphatic rings. The van der Waals surface area contributed by atoms with Crippen molar-refractivity contribution < 1.29 is 14.6 Å². The van der Waals surface area contributed by atoms with Crippen LogP contribution < -0.4 is 4.74 Å². The summed E-state index contributed by atoms with van der Waals surface area (Å²) in [6.07, 6.45) is 2.29. The van der Waals surface area contributed by atoms with Gasteiger partial charge in [-0.2, -0.15) is 0 Å². The van der Waals surface area contributed by atoms with Crippen LogP contribution >= 0.6 is 0 Å². The predicted molar refractivity (Wildman–Crippen MR) is 104 cm³/mol. The van der Waals surface area contributed by atoms with E-state index in [1.165, 1.54) is 11.8 Å². The minimum atomic E-state index is -0.0813. The largest absolute Gasteiger partial charge is 0.511 e. The van der Waals surface area contributed by atoms with Crippen LogP contribution in [-0.2, 0) is 4.79 Å². The number of ether oxygens (including phenoxy) is 1. The number of methoxy groups -OCH3 is 1. The zero-order valence-electron chi connectivity index (χ0n) is 15.3. The molecule has 0 saturated heterocycles. The molecule has 1 atom stereocenters. The van der Waals surface area contributed by atoms with E-state index in [4.69, 9.17) is 4.74 Å². The molecule has 26 heavy (non-hydrogen) atoms. The van der Waals surface area contributed by atoms with E-state index in [0.29, 0.717) is 18.4 Å². The van der Waals surface area contributed by atoms with E-state index in [9.17, 15) is 9.90 Å². The van der Waals surface area contributed by atoms with E-state index < -0.39 is 0 Å². The average Bonchev–Trinajstić information content (AvgIpc) is 2.64. The summed E-state index contributed by atoms with van der Waals surface area (Å²) >= 11 is 0. The highest BCUT2D eigenvalue weighted by atomic mass is 16.5. The van der Waals surface area contributed by atoms with Crippen molar-refractivity contribution in [3.63, 3.8) is 0 Å². The third kappa shape index (κ3) is 3.85. The Labute approximate surface area is 153 Å². The SMILES string of the molecule is COc1ccc(C2CC(=O)C(C=Nc3ccc(C)c(C)c3)=C(O)C2)cc1. The second kappa shape index (κ2) is 7.56. The number of allylic oxidation sites excluding steroid dienone is 2. The molecule has 2 aromatic rings. The van der Waals surface area contributed by atoms with Crippen LogP contribution in [0.5, 0.6) is 5.75 Å². The summed E-state index contributed by atoms with van der Waals surface area (Å²) in [4.78, 5) is 16.9. The van der Waals surface area contributed by atoms with Gasteiger partial charge in [-0.1, -0.05) is 18.2 Å². The molecule has 1 N–H and O–H groups in total. The Balaban J connectivity index is 1.79. The molecule has 1 aliphatic carbocycles. The molecule has 4 nitrogen and oxygen atoms in total. The normalized spacial score (nSPS) is 17.8. The first-order chi connectivity index (χ1) is 12.5. The Bertz CT molecular complexity index is 879. The van der Waals surface area contributed by atoms with Gasteiger partial charge in [-0.25, -0.2) is 0 Å². The smallest absolute Gasteiger partial charge is 0.168 e. The fourth-order valence-electron chi connectivity index (χ4n) is 3.11. The molecule has 2 aromatic carbocycles. The molecule has 0 saturated carbocycles. The van der Waals surface area contributed by atoms with E-state index in [0.717, 1.165) is 22.6 Å². The van der Waals surface area contributed by atoms with Crippen LogP contribution in [0.1, 0.15) is 35.4 Å². The van der Waals surface area contributed by atoms with E-state index >= 15 is 0 Å². The van der Waals surface area contributed by atoms with Crippen molar-refractivity contribution >= 4 is 17.7 Å². The number of benzene rings is 2. The van der Waals surface area contributed by atoms with Gasteiger partial charge in [0.05, 0.1) is 18.4 Å². The fraction of sp³-hybridized carbons (Fsp3) is 0.273. The molecule has 3 rings (SSSR count). The van der Waals surface area contributed by atoms with E-state index in [2.05, 4.69) is 4.99 Å². The fourth-order valence-corrected chi connectivity index (χ4v) is 3.11. The molecule has 0 aliphatic heterocycles. The summed E-state index contributed by atoms with van der Waals surface area (Å²) in [7, 11) is 1.62. The van der Waals surface area contributed by atoms with Crippen molar-refractivity contribution in [1.29, 1.82) is 0 Å². The number of aliphatic imine (C=N–C) groups is 1. The Morgan fingerprint density at radius 3 is 2.42 bits per heavy atom. The van der Waals surface area contributed by atoms with Gasteiger partial charge in [0.1, 0.15) is 11.5 Å². The highest BCUT2D eigenvalue weighted by molar-refractivity contribution is 6.15. The number of carbonyl (C=O) groups excluding carboxylic acids is 1. The van der Waals surface area contributed by atoms with Crippen LogP contribution in [0.4, 0.5) is 5.69 Å². The van der Waals surface area contributed by atoms with E-state index in [1.54, 1.807) is 7.11 Å². The molecule has 1 unspecified atom stereocenters. The summed E-state index contributed by atoms with van der Waals surface area (Å²) in [6, 6.07) is 13.5. The van der Waals surface area contributed by atoms with Gasteiger partial charge < -0.3 is 9.84 Å². The second-order valence-corrected chi connectivity index (χ2v) is 6.69. The van der Waals surface area contributed by atoms with Crippen molar-refractivity contribution in [2.45, 2.75) is 32.6 Å². The third-order valence-electron chi connectivity index (χ3n) is 4.90. The van der Waals surface area contributed by atoms with Gasteiger partial charge in [-0.05, 0) is 60.7 Å². The van der Waals surface area contributed by atoms with Crippen LogP contribution in [0.15, 0.2) is 58.8 Å². The number of carbonyl (C=O) groups is 1. The van der Waals surface area contributed by atoms with Crippen molar-refractivity contribution in [3.8, 4) is 5.75 Å². The zero-order chi connectivity index (χ0) is 18.7. The predicted octanol–water partition coefficient (Wildman–Crippen LogP) is 4.97. The van der Waals surface area contributed by atoms with E-state index in [-0.39, 0.29) is 17.5 Å². The monoisotopic (exact) mass is 349 g/mol. The van der Waals surface area contributed by atoms with Gasteiger partial charge >= 0.3 is 0 Å². The first kappa shape index (κ1) is 17.9. The Morgan fingerprint density at radius 2 is 1.81 bits per heavy atom. The second-order valence-electron chi connectivity index (χ2n) is 6.69. The number of ketones is 1. The van der Waals surface area contributed by atoms with Crippen LogP contribution in [-0.4, -0.2) is 24.2 Å². The standard InChI is InChI=1S/C22H23NO3/c1-14-4-7-18(10-15(14)2)23-13-20-21(24)11-17(12-22(20)25)16-5-8-19(26-3)9-6-16/h4-10,13,17,24H,11-12H2,1-3H3. The molecule has 0 heterocycles. The molecular formula is C22H23NO3. The summed E-state index contributed by atoms with van der Waals surface area (Å²) in [5.41, 5.74) is 4.46. The molecule has 0 amide bonds. The molecule has 0 radical (unpaired) electrons. The summed E-state index contributed by atoms with van der Waals surface area (Å²) < 4.78 is 5.16. The van der Waals surface area contributed by atoms with Crippen molar-refractivity contribution in [2.75, 3.05) is 7.11 Å². The molecule has 134 valence electrons. The van der Waals surface area contributed by atoms with Gasteiger partial charge in [0.2, 0.25) is 0 Å². The lowest BCUT2D eigenvalue weighted by atomic mass is 9.83. The third-order valence-corrected chi connectivity index (χ3v) is 4.90. The lowest BCUT2D eigenvalue weighted by molar-refractivity contribution is -0.116. The minimum Gasteiger partial charge on any atom is -0.511 e. The maximum Gasteiger partial charge on any atom is 0.168 e. The summed E-state index contributed by atoms with van der Waals surface area (Å²) in [6.45, 7) is 4.07. The Morgan fingerprint density at radius 1 is 1.08 bits per heavy atom. The van der Waals surface area contributed by atoms with Gasteiger partial charge in [0.15, 0.2) is 5.78 Å². The molecular weight excluding hydrogens is 326 g/mol. The number of aliphatic hydroxyl groups excluding tert-OH is 1. The first-order valence-corrected chi connectivity index (χ1v) is 8.68. The average molecular weight is 349 g/mol. The zero-order valence-corrected chi connectivity index (χ0v) is 15.3. The lowest BCUT2D eigenvalue weighted by Gasteiger charge is -2.22. The van der Waals surface area contributed by atoms with Gasteiger partial charge in [-0.15, -0.1) is 0 Å². The lowest BCUT2D eigenvalue weighted by Crippen LogP contribution is -2.19. The number of nitrogens with zero attached hydrogens (tertiary/aromatic N) is 1. The molecule has 0 bridgehead atoms. The van der Waals surface area contributed by atoms with Crippen LogP contribution in [0.25, 0.3) is 0 Å². The first-order valence-electron chi connectivity index (χ1n) is 8.68. The van der Waals surface area contributed by atoms with Gasteiger partial charge in [0, 0.05) is 19.1 Å². The number of aryl methyl sites for hydroxylation is 2. The van der Waals surface area contributed by atoms with Crippen molar-refractivity contribution in [2.24, 2.45) is 4.99 Å². The van der Waals surface area contributed by atoms with Crippen molar-refractivity contribution in [1.82, 2.24) is 0 Å². The van der Waals surface area contributed by atoms with Gasteiger partial charge in [0.25, 0.3) is 0 Å². The quantitative estimate of drug-likeness (QED) is 0.793. The van der Waals surface area contributed by atoms with Crippen LogP contribution in [0, 0.1) is 13.8 Å². The molecule has 0 fully saturated rings.